The number of benzene rings is 1. The molecule has 7 heteroatoms. The molecule has 134 valence electrons. The average molecular weight is 354 g/mol. The first-order valence-electron chi connectivity index (χ1n) is 8.43. The number of ketones is 1. The van der Waals surface area contributed by atoms with Crippen LogP contribution in [0.2, 0.25) is 0 Å². The summed E-state index contributed by atoms with van der Waals surface area (Å²) in [6.45, 7) is 0. The summed E-state index contributed by atoms with van der Waals surface area (Å²) in [5.41, 5.74) is -0.234. The third-order valence-electron chi connectivity index (χ3n) is 5.46. The number of Topliss-reactive ketones (excluding diaryl/α,β-unsaturated/α-hetero) is 1. The van der Waals surface area contributed by atoms with Gasteiger partial charge in [0.05, 0.1) is 12.7 Å². The second-order valence-electron chi connectivity index (χ2n) is 6.69. The Kier molecular flexibility index (Phi) is 3.50. The molecule has 1 aromatic rings. The lowest BCUT2D eigenvalue weighted by Crippen LogP contribution is -2.57. The maximum Gasteiger partial charge on any atom is 0.319 e. The molecule has 4 rings (SSSR count). The Bertz CT molecular complexity index is 903. The summed E-state index contributed by atoms with van der Waals surface area (Å²) in [7, 11) is 2.81. The van der Waals surface area contributed by atoms with Crippen LogP contribution in [-0.2, 0) is 29.3 Å². The van der Waals surface area contributed by atoms with Crippen LogP contribution in [0.15, 0.2) is 35.6 Å². The van der Waals surface area contributed by atoms with E-state index in [1.807, 2.05) is 0 Å². The van der Waals surface area contributed by atoms with Gasteiger partial charge in [0.2, 0.25) is 11.8 Å². The topological polar surface area (TPSA) is 96.8 Å². The molecule has 7 nitrogen and oxygen atoms in total. The molecule has 0 saturated carbocycles. The van der Waals surface area contributed by atoms with Crippen molar-refractivity contribution in [1.82, 2.24) is 0 Å². The quantitative estimate of drug-likeness (QED) is 0.775. The number of allylic oxidation sites excluding steroid dienone is 1. The number of methoxy groups -OCH3 is 1. The second-order valence-corrected chi connectivity index (χ2v) is 6.69. The van der Waals surface area contributed by atoms with Crippen LogP contribution in [0.3, 0.4) is 0 Å². The van der Waals surface area contributed by atoms with Crippen LogP contribution >= 0.6 is 0 Å². The predicted molar refractivity (Wildman–Crippen MR) is 91.7 cm³/mol. The number of fused-ring (bicyclic) bond motifs is 3. The van der Waals surface area contributed by atoms with Gasteiger partial charge in [-0.1, -0.05) is 18.2 Å². The Morgan fingerprint density at radius 1 is 1.31 bits per heavy atom. The SMILES string of the molecule is COC(=O)C1C(=N)OC2=C(C(=O)CCC2)C12C(=O)N(C)c1ccccc12. The van der Waals surface area contributed by atoms with Crippen LogP contribution in [0, 0.1) is 11.3 Å². The van der Waals surface area contributed by atoms with Gasteiger partial charge in [0.15, 0.2) is 11.7 Å². The number of carbonyl (C=O) groups excluding carboxylic acids is 3. The number of nitrogens with zero attached hydrogens (tertiary/aromatic N) is 1. The molecule has 0 saturated heterocycles. The van der Waals surface area contributed by atoms with Crippen molar-refractivity contribution < 1.29 is 23.9 Å². The van der Waals surface area contributed by atoms with Gasteiger partial charge in [-0.3, -0.25) is 19.8 Å². The molecule has 0 bridgehead atoms. The van der Waals surface area contributed by atoms with Gasteiger partial charge in [0.25, 0.3) is 0 Å². The molecule has 1 amide bonds. The number of ether oxygens (including phenoxy) is 2. The maximum absolute atomic E-state index is 13.5. The Balaban J connectivity index is 2.12. The summed E-state index contributed by atoms with van der Waals surface area (Å²) in [6.07, 6.45) is 1.33. The van der Waals surface area contributed by atoms with E-state index in [2.05, 4.69) is 0 Å². The van der Waals surface area contributed by atoms with Crippen LogP contribution in [0.4, 0.5) is 5.69 Å². The van der Waals surface area contributed by atoms with Crippen molar-refractivity contribution in [1.29, 1.82) is 5.41 Å². The summed E-state index contributed by atoms with van der Waals surface area (Å²) in [5, 5.41) is 8.32. The summed E-state index contributed by atoms with van der Waals surface area (Å²) in [6, 6.07) is 7.05. The highest BCUT2D eigenvalue weighted by Gasteiger charge is 2.66. The van der Waals surface area contributed by atoms with Crippen molar-refractivity contribution in [2.75, 3.05) is 19.1 Å². The summed E-state index contributed by atoms with van der Waals surface area (Å²) < 4.78 is 10.4. The lowest BCUT2D eigenvalue weighted by atomic mass is 9.61. The zero-order chi connectivity index (χ0) is 18.6. The first-order valence-corrected chi connectivity index (χ1v) is 8.43. The highest BCUT2D eigenvalue weighted by molar-refractivity contribution is 6.23. The monoisotopic (exact) mass is 354 g/mol. The van der Waals surface area contributed by atoms with Crippen molar-refractivity contribution in [2.24, 2.45) is 5.92 Å². The van der Waals surface area contributed by atoms with Crippen molar-refractivity contribution in [3.63, 3.8) is 0 Å². The summed E-state index contributed by atoms with van der Waals surface area (Å²) >= 11 is 0. The number of hydrogen-bond acceptors (Lipinski definition) is 6. The van der Waals surface area contributed by atoms with Crippen molar-refractivity contribution in [3.05, 3.63) is 41.2 Å². The third-order valence-corrected chi connectivity index (χ3v) is 5.46. The van der Waals surface area contributed by atoms with E-state index in [1.165, 1.54) is 12.0 Å². The fraction of sp³-hybridized carbons (Fsp3) is 0.368. The molecule has 1 N–H and O–H groups in total. The van der Waals surface area contributed by atoms with E-state index in [4.69, 9.17) is 14.9 Å². The van der Waals surface area contributed by atoms with Crippen molar-refractivity contribution >= 4 is 29.2 Å². The number of nitrogens with one attached hydrogen (secondary N) is 1. The zero-order valence-corrected chi connectivity index (χ0v) is 14.5. The Morgan fingerprint density at radius 3 is 2.77 bits per heavy atom. The van der Waals surface area contributed by atoms with Crippen molar-refractivity contribution in [2.45, 2.75) is 24.7 Å². The molecule has 0 fully saturated rings. The van der Waals surface area contributed by atoms with Gasteiger partial charge in [-0.25, -0.2) is 0 Å². The number of carbonyl (C=O) groups is 3. The number of para-hydroxylation sites is 1. The van der Waals surface area contributed by atoms with E-state index in [-0.39, 0.29) is 23.7 Å². The predicted octanol–water partition coefficient (Wildman–Crippen LogP) is 1.70. The van der Waals surface area contributed by atoms with Gasteiger partial charge in [0, 0.05) is 25.6 Å². The largest absolute Gasteiger partial charge is 0.468 e. The molecule has 1 aliphatic carbocycles. The van der Waals surface area contributed by atoms with E-state index in [1.54, 1.807) is 31.3 Å². The molecule has 2 heterocycles. The van der Waals surface area contributed by atoms with Gasteiger partial charge >= 0.3 is 5.97 Å². The van der Waals surface area contributed by atoms with Crippen LogP contribution in [0.5, 0.6) is 0 Å². The van der Waals surface area contributed by atoms with Crippen LogP contribution in [0.1, 0.15) is 24.8 Å². The van der Waals surface area contributed by atoms with E-state index < -0.39 is 23.2 Å². The highest BCUT2D eigenvalue weighted by Crippen LogP contribution is 2.55. The first kappa shape index (κ1) is 16.5. The minimum Gasteiger partial charge on any atom is -0.468 e. The second kappa shape index (κ2) is 5.52. The molecule has 3 aliphatic rings. The highest BCUT2D eigenvalue weighted by atomic mass is 16.5. The van der Waals surface area contributed by atoms with Gasteiger partial charge < -0.3 is 14.4 Å². The third kappa shape index (κ3) is 1.83. The molecule has 2 atom stereocenters. The molecule has 2 unspecified atom stereocenters. The molecule has 26 heavy (non-hydrogen) atoms. The average Bonchev–Trinajstić information content (AvgIpc) is 2.84. The Hall–Kier alpha value is -2.96. The molecule has 0 aromatic heterocycles. The fourth-order valence-corrected chi connectivity index (χ4v) is 4.40. The van der Waals surface area contributed by atoms with Crippen LogP contribution < -0.4 is 4.90 Å². The lowest BCUT2D eigenvalue weighted by molar-refractivity contribution is -0.148. The van der Waals surface area contributed by atoms with Gasteiger partial charge in [-0.15, -0.1) is 0 Å². The number of rotatable bonds is 1. The molecular formula is C19H18N2O5. The fourth-order valence-electron chi connectivity index (χ4n) is 4.40. The summed E-state index contributed by atoms with van der Waals surface area (Å²) in [4.78, 5) is 40.5. The van der Waals surface area contributed by atoms with Gasteiger partial charge in [-0.2, -0.15) is 0 Å². The number of amides is 1. The minimum absolute atomic E-state index is 0.206. The molecular weight excluding hydrogens is 336 g/mol. The van der Waals surface area contributed by atoms with Crippen molar-refractivity contribution in [3.8, 4) is 0 Å². The number of anilines is 1. The lowest BCUT2D eigenvalue weighted by Gasteiger charge is -2.42. The Labute approximate surface area is 150 Å². The maximum atomic E-state index is 13.5. The van der Waals surface area contributed by atoms with E-state index in [0.717, 1.165) is 0 Å². The van der Waals surface area contributed by atoms with Gasteiger partial charge in [0.1, 0.15) is 11.2 Å². The standard InChI is InChI=1S/C19H18N2O5/c1-21-11-7-4-3-6-10(11)19(18(21)24)14-12(22)8-5-9-13(14)26-16(20)15(19)17(23)25-2/h3-4,6-7,15,20H,5,8-9H2,1-2H3. The van der Waals surface area contributed by atoms with E-state index in [0.29, 0.717) is 29.9 Å². The smallest absolute Gasteiger partial charge is 0.319 e. The van der Waals surface area contributed by atoms with E-state index in [9.17, 15) is 14.4 Å². The number of esters is 1. The summed E-state index contributed by atoms with van der Waals surface area (Å²) in [5.74, 6) is -2.75. The molecule has 1 aromatic carbocycles. The van der Waals surface area contributed by atoms with Crippen LogP contribution in [0.25, 0.3) is 0 Å². The first-order chi connectivity index (χ1) is 12.4. The van der Waals surface area contributed by atoms with Crippen LogP contribution in [-0.4, -0.2) is 37.7 Å². The molecule has 2 aliphatic heterocycles. The normalized spacial score (nSPS) is 27.4. The number of likely N-dealkylation sites (N-methyl/N-ethyl adjacent to an activating group) is 1. The Morgan fingerprint density at radius 2 is 2.04 bits per heavy atom. The molecule has 0 radical (unpaired) electrons. The van der Waals surface area contributed by atoms with E-state index >= 15 is 0 Å². The zero-order valence-electron chi connectivity index (χ0n) is 14.5. The minimum atomic E-state index is -1.60. The van der Waals surface area contributed by atoms with Gasteiger partial charge in [-0.05, 0) is 18.1 Å². The molecule has 1 spiro atoms. The number of hydrogen-bond donors (Lipinski definition) is 1.